The fraction of sp³-hybridized carbons (Fsp3) is 0.333. The lowest BCUT2D eigenvalue weighted by Crippen LogP contribution is -2.04. The summed E-state index contributed by atoms with van der Waals surface area (Å²) in [6.45, 7) is 1.44. The molecule has 0 saturated heterocycles. The van der Waals surface area contributed by atoms with E-state index in [9.17, 15) is 13.6 Å². The van der Waals surface area contributed by atoms with Gasteiger partial charge in [0.2, 0.25) is 0 Å². The van der Waals surface area contributed by atoms with Crippen LogP contribution in [0.5, 0.6) is 5.75 Å². The van der Waals surface area contributed by atoms with E-state index in [1.54, 1.807) is 0 Å². The van der Waals surface area contributed by atoms with Crippen molar-refractivity contribution in [1.29, 1.82) is 0 Å². The van der Waals surface area contributed by atoms with E-state index in [0.29, 0.717) is 0 Å². The molecular formula is C9H8ClF2NO2. The first-order chi connectivity index (χ1) is 6.97. The van der Waals surface area contributed by atoms with Crippen molar-refractivity contribution in [1.82, 2.24) is 4.98 Å². The zero-order chi connectivity index (χ0) is 11.6. The number of alkyl halides is 2. The lowest BCUT2D eigenvalue weighted by Gasteiger charge is -2.10. The van der Waals surface area contributed by atoms with Gasteiger partial charge in [0.05, 0.1) is 7.11 Å². The van der Waals surface area contributed by atoms with Crippen molar-refractivity contribution < 1.29 is 18.3 Å². The van der Waals surface area contributed by atoms with Gasteiger partial charge in [-0.2, -0.15) is 0 Å². The molecule has 0 N–H and O–H groups in total. The van der Waals surface area contributed by atoms with Crippen LogP contribution in [0.25, 0.3) is 0 Å². The molecule has 0 bridgehead atoms. The first-order valence-corrected chi connectivity index (χ1v) is 4.38. The summed E-state index contributed by atoms with van der Waals surface area (Å²) in [5, 5.41) is -0.893. The fourth-order valence-corrected chi connectivity index (χ4v) is 1.23. The molecule has 0 aromatic carbocycles. The number of methoxy groups -OCH3 is 1. The summed E-state index contributed by atoms with van der Waals surface area (Å²) in [4.78, 5) is 14.3. The van der Waals surface area contributed by atoms with Crippen LogP contribution in [0.4, 0.5) is 8.78 Å². The summed E-state index contributed by atoms with van der Waals surface area (Å²) < 4.78 is 29.9. The topological polar surface area (TPSA) is 39.2 Å². The molecule has 0 aliphatic carbocycles. The molecule has 0 unspecified atom stereocenters. The van der Waals surface area contributed by atoms with Crippen molar-refractivity contribution in [2.45, 2.75) is 13.3 Å². The first-order valence-electron chi connectivity index (χ1n) is 4.01. The average Bonchev–Trinajstić information content (AvgIpc) is 2.17. The highest BCUT2D eigenvalue weighted by atomic mass is 35.5. The van der Waals surface area contributed by atoms with E-state index >= 15 is 0 Å². The Morgan fingerprint density at radius 1 is 1.60 bits per heavy atom. The molecule has 1 heterocycles. The maximum absolute atomic E-state index is 12.5. The molecule has 0 fully saturated rings. The van der Waals surface area contributed by atoms with Crippen molar-refractivity contribution in [3.8, 4) is 5.75 Å². The molecule has 0 spiro atoms. The molecule has 0 radical (unpaired) electrons. The molecule has 82 valence electrons. The van der Waals surface area contributed by atoms with Crippen molar-refractivity contribution in [3.63, 3.8) is 0 Å². The van der Waals surface area contributed by atoms with Gasteiger partial charge >= 0.3 is 0 Å². The first kappa shape index (κ1) is 11.8. The highest BCUT2D eigenvalue weighted by Crippen LogP contribution is 2.28. The van der Waals surface area contributed by atoms with E-state index in [0.717, 1.165) is 0 Å². The fourth-order valence-electron chi connectivity index (χ4n) is 1.13. The summed E-state index contributed by atoms with van der Waals surface area (Å²) in [6.07, 6.45) is -2.77. The quantitative estimate of drug-likeness (QED) is 0.756. The molecule has 6 heteroatoms. The second-order valence-electron chi connectivity index (χ2n) is 2.79. The van der Waals surface area contributed by atoms with Gasteiger partial charge in [-0.05, 0) is 18.5 Å². The van der Waals surface area contributed by atoms with Gasteiger partial charge in [0.1, 0.15) is 17.1 Å². The molecule has 0 saturated carbocycles. The van der Waals surface area contributed by atoms with Crippen LogP contribution in [-0.2, 0) is 0 Å². The molecule has 0 aliphatic heterocycles. The van der Waals surface area contributed by atoms with Crippen molar-refractivity contribution in [2.24, 2.45) is 0 Å². The summed E-state index contributed by atoms with van der Waals surface area (Å²) in [5.41, 5.74) is -0.526. The summed E-state index contributed by atoms with van der Waals surface area (Å²) in [6, 6.07) is 1.23. The Kier molecular flexibility index (Phi) is 3.57. The number of carbonyl (C=O) groups is 1. The number of ether oxygens (including phenoxy) is 1. The lowest BCUT2D eigenvalue weighted by molar-refractivity contribution is 0.107. The number of halogens is 3. The van der Waals surface area contributed by atoms with Gasteiger partial charge in [-0.25, -0.2) is 13.8 Å². The third kappa shape index (κ3) is 2.41. The minimum atomic E-state index is -2.77. The smallest absolute Gasteiger partial charge is 0.280 e. The van der Waals surface area contributed by atoms with Gasteiger partial charge in [-0.3, -0.25) is 4.79 Å². The Hall–Kier alpha value is -1.23. The van der Waals surface area contributed by atoms with Crippen LogP contribution in [0.1, 0.15) is 28.2 Å². The summed E-state index contributed by atoms with van der Waals surface area (Å²) in [5.74, 6) is 0.171. The number of carbonyl (C=O) groups excluding carboxylic acids is 1. The maximum atomic E-state index is 12.5. The molecule has 15 heavy (non-hydrogen) atoms. The van der Waals surface area contributed by atoms with Gasteiger partial charge in [0, 0.05) is 11.6 Å². The van der Waals surface area contributed by atoms with E-state index in [1.165, 1.54) is 20.1 Å². The molecule has 1 aromatic rings. The van der Waals surface area contributed by atoms with Gasteiger partial charge < -0.3 is 4.74 Å². The van der Waals surface area contributed by atoms with Crippen LogP contribution >= 0.6 is 11.6 Å². The monoisotopic (exact) mass is 235 g/mol. The zero-order valence-electron chi connectivity index (χ0n) is 8.05. The van der Waals surface area contributed by atoms with Crippen LogP contribution < -0.4 is 4.74 Å². The Bertz CT molecular complexity index is 396. The van der Waals surface area contributed by atoms with Crippen molar-refractivity contribution in [3.05, 3.63) is 23.0 Å². The SMILES string of the molecule is COc1cc(C(=O)Cl)nc(C(F)F)c1C. The zero-order valence-corrected chi connectivity index (χ0v) is 8.81. The van der Waals surface area contributed by atoms with Gasteiger partial charge in [-0.1, -0.05) is 0 Å². The highest BCUT2D eigenvalue weighted by Gasteiger charge is 2.19. The molecule has 1 rings (SSSR count). The van der Waals surface area contributed by atoms with Crippen molar-refractivity contribution >= 4 is 16.8 Å². The number of rotatable bonds is 3. The molecular weight excluding hydrogens is 228 g/mol. The third-order valence-electron chi connectivity index (χ3n) is 1.89. The van der Waals surface area contributed by atoms with Crippen LogP contribution in [0.2, 0.25) is 0 Å². The van der Waals surface area contributed by atoms with E-state index in [-0.39, 0.29) is 17.0 Å². The predicted octanol–water partition coefficient (Wildman–Crippen LogP) is 2.72. The minimum Gasteiger partial charge on any atom is -0.496 e. The minimum absolute atomic E-state index is 0.171. The standard InChI is InChI=1S/C9H8ClF2NO2/c1-4-6(15-2)3-5(8(10)14)13-7(4)9(11)12/h3,9H,1-2H3. The van der Waals surface area contributed by atoms with E-state index in [4.69, 9.17) is 16.3 Å². The number of pyridine rings is 1. The molecule has 1 aromatic heterocycles. The maximum Gasteiger partial charge on any atom is 0.280 e. The van der Waals surface area contributed by atoms with Crippen LogP contribution in [-0.4, -0.2) is 17.3 Å². The number of hydrogen-bond donors (Lipinski definition) is 0. The Morgan fingerprint density at radius 3 is 2.60 bits per heavy atom. The normalized spacial score (nSPS) is 10.5. The predicted molar refractivity (Wildman–Crippen MR) is 50.7 cm³/mol. The van der Waals surface area contributed by atoms with Gasteiger partial charge in [-0.15, -0.1) is 0 Å². The van der Waals surface area contributed by atoms with Gasteiger partial charge in [0.25, 0.3) is 11.7 Å². The Morgan fingerprint density at radius 2 is 2.20 bits per heavy atom. The summed E-state index contributed by atoms with van der Waals surface area (Å²) in [7, 11) is 1.32. The second-order valence-corrected chi connectivity index (χ2v) is 3.14. The Balaban J connectivity index is 3.38. The van der Waals surface area contributed by atoms with Crippen molar-refractivity contribution in [2.75, 3.05) is 7.11 Å². The lowest BCUT2D eigenvalue weighted by atomic mass is 10.2. The van der Waals surface area contributed by atoms with E-state index in [2.05, 4.69) is 4.98 Å². The molecule has 3 nitrogen and oxygen atoms in total. The number of aromatic nitrogens is 1. The number of hydrogen-bond acceptors (Lipinski definition) is 3. The number of nitrogens with zero attached hydrogens (tertiary/aromatic N) is 1. The molecule has 0 amide bonds. The largest absolute Gasteiger partial charge is 0.496 e. The highest BCUT2D eigenvalue weighted by molar-refractivity contribution is 6.67. The third-order valence-corrected chi connectivity index (χ3v) is 2.08. The van der Waals surface area contributed by atoms with Gasteiger partial charge in [0.15, 0.2) is 0 Å². The molecule has 0 aliphatic rings. The van der Waals surface area contributed by atoms with Crippen LogP contribution in [0.15, 0.2) is 6.07 Å². The second kappa shape index (κ2) is 4.53. The van der Waals surface area contributed by atoms with E-state index in [1.807, 2.05) is 0 Å². The van der Waals surface area contributed by atoms with Crippen LogP contribution in [0.3, 0.4) is 0 Å². The molecule has 0 atom stereocenters. The van der Waals surface area contributed by atoms with Crippen LogP contribution in [0, 0.1) is 6.92 Å². The summed E-state index contributed by atoms with van der Waals surface area (Å²) >= 11 is 5.16. The van der Waals surface area contributed by atoms with E-state index < -0.39 is 17.4 Å². The average molecular weight is 236 g/mol. The Labute approximate surface area is 90.0 Å².